The molecule has 0 N–H and O–H groups in total. The van der Waals surface area contributed by atoms with Crippen molar-refractivity contribution in [2.24, 2.45) is 0 Å². The second kappa shape index (κ2) is 4.45. The molecule has 0 spiro atoms. The van der Waals surface area contributed by atoms with Crippen LogP contribution in [-0.2, 0) is 0 Å². The van der Waals surface area contributed by atoms with Crippen LogP contribution in [0.25, 0.3) is 6.08 Å². The monoisotopic (exact) mass is 232 g/mol. The highest BCUT2D eigenvalue weighted by Gasteiger charge is 1.93. The van der Waals surface area contributed by atoms with Gasteiger partial charge in [-0.05, 0) is 23.8 Å². The molecule has 1 aromatic carbocycles. The summed E-state index contributed by atoms with van der Waals surface area (Å²) in [6.07, 6.45) is 1.55. The van der Waals surface area contributed by atoms with Gasteiger partial charge in [-0.2, -0.15) is 10.5 Å². The molecule has 3 heteroatoms. The Hall–Kier alpha value is -1.58. The minimum Gasteiger partial charge on any atom is -0.192 e. The van der Waals surface area contributed by atoms with E-state index < -0.39 is 0 Å². The summed E-state index contributed by atoms with van der Waals surface area (Å²) in [7, 11) is 0. The van der Waals surface area contributed by atoms with Gasteiger partial charge in [-0.1, -0.05) is 28.1 Å². The van der Waals surface area contributed by atoms with Gasteiger partial charge < -0.3 is 0 Å². The fourth-order valence-corrected chi connectivity index (χ4v) is 1.08. The van der Waals surface area contributed by atoms with Crippen molar-refractivity contribution in [3.63, 3.8) is 0 Å². The predicted molar refractivity (Wildman–Crippen MR) is 53.3 cm³/mol. The fourth-order valence-electron chi connectivity index (χ4n) is 0.815. The van der Waals surface area contributed by atoms with Crippen molar-refractivity contribution >= 4 is 22.0 Å². The number of hydrogen-bond acceptors (Lipinski definition) is 2. The van der Waals surface area contributed by atoms with E-state index in [1.54, 1.807) is 18.2 Å². The van der Waals surface area contributed by atoms with Gasteiger partial charge in [0.1, 0.15) is 17.7 Å². The van der Waals surface area contributed by atoms with Gasteiger partial charge in [0.2, 0.25) is 0 Å². The van der Waals surface area contributed by atoms with Crippen molar-refractivity contribution < 1.29 is 0 Å². The topological polar surface area (TPSA) is 47.6 Å². The van der Waals surface area contributed by atoms with Crippen molar-refractivity contribution in [2.45, 2.75) is 0 Å². The van der Waals surface area contributed by atoms with Gasteiger partial charge in [-0.15, -0.1) is 0 Å². The molecule has 1 aromatic rings. The summed E-state index contributed by atoms with van der Waals surface area (Å²) in [6.45, 7) is 0. The molecule has 0 aromatic heterocycles. The van der Waals surface area contributed by atoms with Crippen LogP contribution in [0, 0.1) is 22.7 Å². The summed E-state index contributed by atoms with van der Waals surface area (Å²) in [5.74, 6) is 0. The van der Waals surface area contributed by atoms with Crippen molar-refractivity contribution in [3.05, 3.63) is 39.9 Å². The molecule has 13 heavy (non-hydrogen) atoms. The average molecular weight is 233 g/mol. The summed E-state index contributed by atoms with van der Waals surface area (Å²) < 4.78 is 0.972. The van der Waals surface area contributed by atoms with E-state index in [0.717, 1.165) is 10.0 Å². The maximum absolute atomic E-state index is 8.49. The van der Waals surface area contributed by atoms with Crippen LogP contribution >= 0.6 is 15.9 Å². The Kier molecular flexibility index (Phi) is 3.25. The first-order valence-corrected chi connectivity index (χ1v) is 4.33. The number of halogens is 1. The predicted octanol–water partition coefficient (Wildman–Crippen LogP) is 2.88. The van der Waals surface area contributed by atoms with Gasteiger partial charge in [0.25, 0.3) is 0 Å². The zero-order chi connectivity index (χ0) is 9.68. The van der Waals surface area contributed by atoms with Gasteiger partial charge >= 0.3 is 0 Å². The van der Waals surface area contributed by atoms with Crippen molar-refractivity contribution in [2.75, 3.05) is 0 Å². The lowest BCUT2D eigenvalue weighted by Gasteiger charge is -1.92. The lowest BCUT2D eigenvalue weighted by Crippen LogP contribution is -1.75. The molecule has 0 amide bonds. The van der Waals surface area contributed by atoms with Gasteiger partial charge in [-0.3, -0.25) is 0 Å². The molecule has 0 radical (unpaired) electrons. The van der Waals surface area contributed by atoms with Crippen LogP contribution in [0.4, 0.5) is 0 Å². The van der Waals surface area contributed by atoms with Crippen LogP contribution in [0.15, 0.2) is 34.3 Å². The summed E-state index contributed by atoms with van der Waals surface area (Å²) in [5, 5.41) is 17.0. The standard InChI is InChI=1S/C10H5BrN2/c11-10-3-1-8(2-4-10)5-9(6-12)7-13/h1-5H. The average Bonchev–Trinajstić information content (AvgIpc) is 2.17. The normalized spacial score (nSPS) is 8.23. The fraction of sp³-hybridized carbons (Fsp3) is 0. The van der Waals surface area contributed by atoms with E-state index in [-0.39, 0.29) is 5.57 Å². The molecule has 62 valence electrons. The summed E-state index contributed by atoms with van der Waals surface area (Å²) in [6, 6.07) is 11.0. The van der Waals surface area contributed by atoms with Crippen LogP contribution in [0.2, 0.25) is 0 Å². The lowest BCUT2D eigenvalue weighted by molar-refractivity contribution is 1.47. The van der Waals surface area contributed by atoms with Crippen molar-refractivity contribution in [1.82, 2.24) is 0 Å². The Labute approximate surface area is 84.9 Å². The molecular weight excluding hydrogens is 228 g/mol. The van der Waals surface area contributed by atoms with Crippen LogP contribution in [0.3, 0.4) is 0 Å². The summed E-state index contributed by atoms with van der Waals surface area (Å²) >= 11 is 3.30. The van der Waals surface area contributed by atoms with Crippen LogP contribution in [-0.4, -0.2) is 0 Å². The lowest BCUT2D eigenvalue weighted by atomic mass is 10.1. The molecule has 0 unspecified atom stereocenters. The minimum absolute atomic E-state index is 0.113. The molecule has 0 saturated carbocycles. The van der Waals surface area contributed by atoms with Gasteiger partial charge in [-0.25, -0.2) is 0 Å². The molecule has 2 nitrogen and oxygen atoms in total. The van der Waals surface area contributed by atoms with E-state index in [9.17, 15) is 0 Å². The van der Waals surface area contributed by atoms with Crippen LogP contribution in [0.1, 0.15) is 5.56 Å². The molecule has 0 aliphatic carbocycles. The largest absolute Gasteiger partial charge is 0.192 e. The Balaban J connectivity index is 3.00. The molecule has 0 aliphatic heterocycles. The minimum atomic E-state index is 0.113. The third kappa shape index (κ3) is 2.74. The summed E-state index contributed by atoms with van der Waals surface area (Å²) in [4.78, 5) is 0. The van der Waals surface area contributed by atoms with Gasteiger partial charge in [0.05, 0.1) is 0 Å². The van der Waals surface area contributed by atoms with E-state index in [1.807, 2.05) is 24.3 Å². The second-order valence-electron chi connectivity index (χ2n) is 2.33. The molecule has 0 aliphatic rings. The molecule has 0 fully saturated rings. The first kappa shape index (κ1) is 9.51. The second-order valence-corrected chi connectivity index (χ2v) is 3.25. The maximum atomic E-state index is 8.49. The highest BCUT2D eigenvalue weighted by Crippen LogP contribution is 2.12. The van der Waals surface area contributed by atoms with E-state index in [2.05, 4.69) is 15.9 Å². The molecule has 0 atom stereocenters. The third-order valence-corrected chi connectivity index (χ3v) is 1.95. The number of nitrogens with zero attached hydrogens (tertiary/aromatic N) is 2. The third-order valence-electron chi connectivity index (χ3n) is 1.42. The van der Waals surface area contributed by atoms with Gasteiger partial charge in [0.15, 0.2) is 0 Å². The molecule has 0 bridgehead atoms. The van der Waals surface area contributed by atoms with Crippen molar-refractivity contribution in [1.29, 1.82) is 10.5 Å². The maximum Gasteiger partial charge on any atom is 0.130 e. The van der Waals surface area contributed by atoms with Crippen molar-refractivity contribution in [3.8, 4) is 12.1 Å². The Bertz CT molecular complexity index is 388. The Morgan fingerprint density at radius 3 is 2.15 bits per heavy atom. The Morgan fingerprint density at radius 1 is 1.15 bits per heavy atom. The number of benzene rings is 1. The Morgan fingerprint density at radius 2 is 1.69 bits per heavy atom. The van der Waals surface area contributed by atoms with E-state index in [1.165, 1.54) is 0 Å². The zero-order valence-corrected chi connectivity index (χ0v) is 8.25. The van der Waals surface area contributed by atoms with Crippen LogP contribution in [0.5, 0.6) is 0 Å². The smallest absolute Gasteiger partial charge is 0.130 e. The quantitative estimate of drug-likeness (QED) is 0.700. The first-order valence-electron chi connectivity index (χ1n) is 3.53. The number of hydrogen-bond donors (Lipinski definition) is 0. The van der Waals surface area contributed by atoms with Crippen LogP contribution < -0.4 is 0 Å². The molecular formula is C10H5BrN2. The van der Waals surface area contributed by atoms with E-state index in [0.29, 0.717) is 0 Å². The van der Waals surface area contributed by atoms with E-state index in [4.69, 9.17) is 10.5 Å². The number of nitriles is 2. The molecule has 1 rings (SSSR count). The SMILES string of the molecule is N#CC(C#N)=Cc1ccc(Br)cc1. The zero-order valence-electron chi connectivity index (χ0n) is 6.66. The number of rotatable bonds is 1. The highest BCUT2D eigenvalue weighted by molar-refractivity contribution is 9.10. The summed E-state index contributed by atoms with van der Waals surface area (Å²) in [5.41, 5.74) is 0.962. The highest BCUT2D eigenvalue weighted by atomic mass is 79.9. The first-order chi connectivity index (χ1) is 6.26. The number of allylic oxidation sites excluding steroid dienone is 1. The van der Waals surface area contributed by atoms with E-state index >= 15 is 0 Å². The molecule has 0 saturated heterocycles. The van der Waals surface area contributed by atoms with Gasteiger partial charge in [0, 0.05) is 4.47 Å². The molecule has 0 heterocycles.